The van der Waals surface area contributed by atoms with Crippen LogP contribution in [0.4, 0.5) is 5.82 Å². The van der Waals surface area contributed by atoms with Gasteiger partial charge in [0, 0.05) is 35.9 Å². The van der Waals surface area contributed by atoms with Gasteiger partial charge in [0.25, 0.3) is 0 Å². The van der Waals surface area contributed by atoms with Crippen LogP contribution >= 0.6 is 12.4 Å². The second-order valence-electron chi connectivity index (χ2n) is 4.84. The van der Waals surface area contributed by atoms with Gasteiger partial charge in [-0.25, -0.2) is 9.99 Å². The molecule has 0 saturated heterocycles. The number of aliphatic hydroxyl groups excluding tert-OH is 1. The van der Waals surface area contributed by atoms with Crippen molar-refractivity contribution in [3.8, 4) is 0 Å². The first-order valence-corrected chi connectivity index (χ1v) is 6.44. The lowest BCUT2D eigenvalue weighted by atomic mass is 10.1. The van der Waals surface area contributed by atoms with Gasteiger partial charge in [0.15, 0.2) is 6.23 Å². The van der Waals surface area contributed by atoms with Crippen LogP contribution in [0.2, 0.25) is 0 Å². The minimum atomic E-state index is -0.784. The standard InChI is InChI=1S/C15H16N4O.ClH/c1-10-6-14(17-7-11(10)2)19-15(20)13(9-18-19)12-4-3-5-16-8-12;/h3-9,15,18,20H,1-2H3;1H. The van der Waals surface area contributed by atoms with Crippen molar-refractivity contribution in [3.05, 3.63) is 59.7 Å². The smallest absolute Gasteiger partial charge is 0.175 e. The molecule has 21 heavy (non-hydrogen) atoms. The van der Waals surface area contributed by atoms with E-state index in [1.54, 1.807) is 29.8 Å². The number of hydrogen-bond acceptors (Lipinski definition) is 5. The minimum absolute atomic E-state index is 0. The maximum absolute atomic E-state index is 10.4. The molecule has 0 amide bonds. The van der Waals surface area contributed by atoms with Gasteiger partial charge in [-0.2, -0.15) is 0 Å². The van der Waals surface area contributed by atoms with Crippen molar-refractivity contribution in [3.63, 3.8) is 0 Å². The number of rotatable bonds is 2. The highest BCUT2D eigenvalue weighted by molar-refractivity contribution is 5.85. The van der Waals surface area contributed by atoms with Gasteiger partial charge in [-0.1, -0.05) is 6.07 Å². The van der Waals surface area contributed by atoms with E-state index in [2.05, 4.69) is 15.4 Å². The van der Waals surface area contributed by atoms with Crippen LogP contribution in [0.3, 0.4) is 0 Å². The second-order valence-corrected chi connectivity index (χ2v) is 4.84. The normalized spacial score (nSPS) is 17.0. The van der Waals surface area contributed by atoms with Crippen molar-refractivity contribution in [1.29, 1.82) is 0 Å². The molecule has 0 aromatic carbocycles. The van der Waals surface area contributed by atoms with Gasteiger partial charge < -0.3 is 10.5 Å². The van der Waals surface area contributed by atoms with Gasteiger partial charge in [-0.05, 0) is 37.1 Å². The SMILES string of the molecule is Cc1cnc(N2NC=C(c3cccnc3)C2O)cc1C.Cl. The van der Waals surface area contributed by atoms with Crippen LogP contribution in [-0.4, -0.2) is 21.3 Å². The summed E-state index contributed by atoms with van der Waals surface area (Å²) >= 11 is 0. The molecule has 6 heteroatoms. The van der Waals surface area contributed by atoms with E-state index in [9.17, 15) is 5.11 Å². The fourth-order valence-corrected chi connectivity index (χ4v) is 2.12. The minimum Gasteiger partial charge on any atom is -0.368 e. The highest BCUT2D eigenvalue weighted by atomic mass is 35.5. The summed E-state index contributed by atoms with van der Waals surface area (Å²) in [6.45, 7) is 4.04. The number of hydrazine groups is 1. The Kier molecular flexibility index (Phi) is 4.45. The Hall–Kier alpha value is -2.11. The van der Waals surface area contributed by atoms with Crippen molar-refractivity contribution in [2.24, 2.45) is 0 Å². The molecule has 2 aromatic rings. The summed E-state index contributed by atoms with van der Waals surface area (Å²) in [5, 5.41) is 12.1. The second kappa shape index (κ2) is 6.11. The number of anilines is 1. The Morgan fingerprint density at radius 3 is 2.71 bits per heavy atom. The van der Waals surface area contributed by atoms with E-state index in [1.165, 1.54) is 0 Å². The number of pyridine rings is 2. The largest absolute Gasteiger partial charge is 0.368 e. The average Bonchev–Trinajstić information content (AvgIpc) is 2.85. The van der Waals surface area contributed by atoms with Crippen LogP contribution < -0.4 is 10.4 Å². The van der Waals surface area contributed by atoms with Crippen molar-refractivity contribution in [2.45, 2.75) is 20.1 Å². The topological polar surface area (TPSA) is 61.3 Å². The molecule has 0 fully saturated rings. The first kappa shape index (κ1) is 15.3. The summed E-state index contributed by atoms with van der Waals surface area (Å²) in [5.74, 6) is 0.691. The van der Waals surface area contributed by atoms with Crippen LogP contribution in [0, 0.1) is 13.8 Å². The van der Waals surface area contributed by atoms with E-state index < -0.39 is 6.23 Å². The van der Waals surface area contributed by atoms with E-state index in [4.69, 9.17) is 0 Å². The zero-order valence-electron chi connectivity index (χ0n) is 11.8. The zero-order valence-corrected chi connectivity index (χ0v) is 12.6. The third kappa shape index (κ3) is 2.84. The number of nitrogens with one attached hydrogen (secondary N) is 1. The number of halogens is 1. The van der Waals surface area contributed by atoms with E-state index in [0.717, 1.165) is 22.3 Å². The summed E-state index contributed by atoms with van der Waals surface area (Å²) in [5.41, 5.74) is 6.98. The summed E-state index contributed by atoms with van der Waals surface area (Å²) < 4.78 is 0. The lowest BCUT2D eigenvalue weighted by Crippen LogP contribution is -2.38. The molecule has 2 N–H and O–H groups in total. The third-order valence-corrected chi connectivity index (χ3v) is 3.48. The summed E-state index contributed by atoms with van der Waals surface area (Å²) in [4.78, 5) is 8.43. The molecule has 1 aliphatic rings. The summed E-state index contributed by atoms with van der Waals surface area (Å²) in [6, 6.07) is 5.71. The van der Waals surface area contributed by atoms with Gasteiger partial charge in [-0.15, -0.1) is 12.4 Å². The average molecular weight is 305 g/mol. The number of aliphatic hydroxyl groups is 1. The third-order valence-electron chi connectivity index (χ3n) is 3.48. The molecule has 0 saturated carbocycles. The van der Waals surface area contributed by atoms with E-state index in [-0.39, 0.29) is 12.4 Å². The van der Waals surface area contributed by atoms with Crippen LogP contribution in [0.25, 0.3) is 5.57 Å². The Morgan fingerprint density at radius 1 is 1.24 bits per heavy atom. The summed E-state index contributed by atoms with van der Waals surface area (Å²) in [7, 11) is 0. The predicted molar refractivity (Wildman–Crippen MR) is 84.8 cm³/mol. The van der Waals surface area contributed by atoms with Crippen molar-refractivity contribution in [1.82, 2.24) is 15.4 Å². The first-order valence-electron chi connectivity index (χ1n) is 6.44. The van der Waals surface area contributed by atoms with Crippen LogP contribution in [-0.2, 0) is 0 Å². The molecule has 1 unspecified atom stereocenters. The lowest BCUT2D eigenvalue weighted by molar-refractivity contribution is 0.225. The molecule has 0 bridgehead atoms. The number of hydrogen-bond donors (Lipinski definition) is 2. The van der Waals surface area contributed by atoms with Crippen molar-refractivity contribution < 1.29 is 5.11 Å². The molecule has 0 aliphatic carbocycles. The molecule has 5 nitrogen and oxygen atoms in total. The highest BCUT2D eigenvalue weighted by Gasteiger charge is 2.27. The van der Waals surface area contributed by atoms with Gasteiger partial charge >= 0.3 is 0 Å². The number of nitrogens with zero attached hydrogens (tertiary/aromatic N) is 3. The van der Waals surface area contributed by atoms with E-state index in [1.807, 2.05) is 32.0 Å². The molecule has 1 atom stereocenters. The Bertz CT molecular complexity index is 660. The lowest BCUT2D eigenvalue weighted by Gasteiger charge is -2.23. The molecule has 1 aliphatic heterocycles. The zero-order chi connectivity index (χ0) is 14.1. The molecule has 0 radical (unpaired) electrons. The fourth-order valence-electron chi connectivity index (χ4n) is 2.12. The Balaban J connectivity index is 0.00000161. The molecular weight excluding hydrogens is 288 g/mol. The van der Waals surface area contributed by atoms with E-state index in [0.29, 0.717) is 5.82 Å². The molecular formula is C15H17ClN4O. The monoisotopic (exact) mass is 304 g/mol. The summed E-state index contributed by atoms with van der Waals surface area (Å²) in [6.07, 6.45) is 6.24. The van der Waals surface area contributed by atoms with E-state index >= 15 is 0 Å². The van der Waals surface area contributed by atoms with Crippen LogP contribution in [0.5, 0.6) is 0 Å². The molecule has 3 rings (SSSR count). The quantitative estimate of drug-likeness (QED) is 0.890. The van der Waals surface area contributed by atoms with Crippen LogP contribution in [0.15, 0.2) is 43.0 Å². The Morgan fingerprint density at radius 2 is 2.05 bits per heavy atom. The molecule has 110 valence electrons. The first-order chi connectivity index (χ1) is 9.66. The van der Waals surface area contributed by atoms with Gasteiger partial charge in [0.1, 0.15) is 5.82 Å². The van der Waals surface area contributed by atoms with Crippen molar-refractivity contribution >= 4 is 23.8 Å². The predicted octanol–water partition coefficient (Wildman–Crippen LogP) is 2.20. The fraction of sp³-hybridized carbons (Fsp3) is 0.200. The molecule has 3 heterocycles. The van der Waals surface area contributed by atoms with Gasteiger partial charge in [-0.3, -0.25) is 4.98 Å². The maximum Gasteiger partial charge on any atom is 0.175 e. The molecule has 0 spiro atoms. The number of aromatic nitrogens is 2. The van der Waals surface area contributed by atoms with Gasteiger partial charge in [0.05, 0.1) is 0 Å². The Labute approximate surface area is 129 Å². The van der Waals surface area contributed by atoms with Crippen LogP contribution in [0.1, 0.15) is 16.7 Å². The number of aryl methyl sites for hydroxylation is 2. The van der Waals surface area contributed by atoms with Gasteiger partial charge in [0.2, 0.25) is 0 Å². The highest BCUT2D eigenvalue weighted by Crippen LogP contribution is 2.27. The molecule has 2 aromatic heterocycles. The maximum atomic E-state index is 10.4. The van der Waals surface area contributed by atoms with Crippen molar-refractivity contribution in [2.75, 3.05) is 5.01 Å².